The summed E-state index contributed by atoms with van der Waals surface area (Å²) in [4.78, 5) is 22.3. The fraction of sp³-hybridized carbons (Fsp3) is 0.231. The van der Waals surface area contributed by atoms with Crippen LogP contribution in [0.5, 0.6) is 0 Å². The maximum atomic E-state index is 12.7. The molecule has 110 valence electrons. The molecule has 0 unspecified atom stereocenters. The van der Waals surface area contributed by atoms with Crippen LogP contribution in [0, 0.1) is 5.82 Å². The summed E-state index contributed by atoms with van der Waals surface area (Å²) >= 11 is 0. The van der Waals surface area contributed by atoms with Gasteiger partial charge < -0.3 is 10.4 Å². The Morgan fingerprint density at radius 3 is 2.62 bits per heavy atom. The number of carbonyl (C=O) groups excluding carboxylic acids is 1. The predicted octanol–water partition coefficient (Wildman–Crippen LogP) is 0.474. The van der Waals surface area contributed by atoms with Gasteiger partial charge in [-0.3, -0.25) is 4.79 Å². The molecule has 0 aliphatic rings. The zero-order valence-corrected chi connectivity index (χ0v) is 11.0. The number of nitrogens with one attached hydrogen (secondary N) is 1. The maximum absolute atomic E-state index is 12.7. The van der Waals surface area contributed by atoms with Crippen molar-refractivity contribution in [2.75, 3.05) is 6.54 Å². The lowest BCUT2D eigenvalue weighted by Gasteiger charge is -2.05. The van der Waals surface area contributed by atoms with E-state index in [1.165, 1.54) is 23.0 Å². The van der Waals surface area contributed by atoms with E-state index in [1.54, 1.807) is 12.1 Å². The number of halogens is 1. The highest BCUT2D eigenvalue weighted by Crippen LogP contribution is 2.03. The van der Waals surface area contributed by atoms with Gasteiger partial charge in [-0.05, 0) is 17.7 Å². The van der Waals surface area contributed by atoms with Crippen molar-refractivity contribution < 1.29 is 19.1 Å². The predicted molar refractivity (Wildman–Crippen MR) is 70.1 cm³/mol. The highest BCUT2D eigenvalue weighted by molar-refractivity contribution is 5.84. The van der Waals surface area contributed by atoms with Gasteiger partial charge in [0.25, 0.3) is 0 Å². The first kappa shape index (κ1) is 14.6. The quantitative estimate of drug-likeness (QED) is 0.807. The summed E-state index contributed by atoms with van der Waals surface area (Å²) in [5, 5.41) is 18.4. The minimum atomic E-state index is -1.15. The highest BCUT2D eigenvalue weighted by atomic mass is 19.1. The Labute approximate surface area is 119 Å². The second-order valence-electron chi connectivity index (χ2n) is 4.33. The monoisotopic (exact) mass is 292 g/mol. The van der Waals surface area contributed by atoms with Crippen LogP contribution in [0.25, 0.3) is 0 Å². The average molecular weight is 292 g/mol. The molecule has 7 nitrogen and oxygen atoms in total. The fourth-order valence-corrected chi connectivity index (χ4v) is 1.67. The van der Waals surface area contributed by atoms with E-state index in [1.807, 2.05) is 0 Å². The van der Waals surface area contributed by atoms with E-state index in [-0.39, 0.29) is 23.8 Å². The Morgan fingerprint density at radius 2 is 2.00 bits per heavy atom. The topological polar surface area (TPSA) is 97.1 Å². The third-order valence-corrected chi connectivity index (χ3v) is 2.70. The van der Waals surface area contributed by atoms with Crippen molar-refractivity contribution >= 4 is 11.9 Å². The van der Waals surface area contributed by atoms with Gasteiger partial charge in [0.2, 0.25) is 5.91 Å². The van der Waals surface area contributed by atoms with Gasteiger partial charge in [0.05, 0.1) is 19.2 Å². The van der Waals surface area contributed by atoms with Crippen LogP contribution in [-0.2, 0) is 17.8 Å². The second-order valence-corrected chi connectivity index (χ2v) is 4.33. The van der Waals surface area contributed by atoms with Crippen LogP contribution in [0.2, 0.25) is 0 Å². The molecule has 2 aromatic rings. The SMILES string of the molecule is O=C(Cc1ccc(F)cc1)NCCn1cc(C(=O)O)nn1. The standard InChI is InChI=1S/C13H13FN4O3/c14-10-3-1-9(2-4-10)7-12(19)15-5-6-18-8-11(13(20)21)16-17-18/h1-4,8H,5-7H2,(H,15,19)(H,20,21). The molecule has 0 saturated carbocycles. The molecule has 0 aliphatic carbocycles. The van der Waals surface area contributed by atoms with Gasteiger partial charge in [-0.1, -0.05) is 17.3 Å². The summed E-state index contributed by atoms with van der Waals surface area (Å²) in [5.41, 5.74) is 0.565. The van der Waals surface area contributed by atoms with E-state index in [0.717, 1.165) is 0 Å². The maximum Gasteiger partial charge on any atom is 0.358 e. The molecule has 0 bridgehead atoms. The summed E-state index contributed by atoms with van der Waals surface area (Å²) < 4.78 is 14.1. The number of aromatic carboxylic acids is 1. The number of benzene rings is 1. The van der Waals surface area contributed by atoms with Gasteiger partial charge in [-0.15, -0.1) is 5.10 Å². The van der Waals surface area contributed by atoms with Crippen LogP contribution in [0.15, 0.2) is 30.5 Å². The zero-order valence-electron chi connectivity index (χ0n) is 11.0. The summed E-state index contributed by atoms with van der Waals surface area (Å²) in [6, 6.07) is 5.69. The van der Waals surface area contributed by atoms with Crippen LogP contribution in [0.4, 0.5) is 4.39 Å². The normalized spacial score (nSPS) is 10.3. The number of amides is 1. The molecule has 8 heteroatoms. The van der Waals surface area contributed by atoms with E-state index >= 15 is 0 Å². The first-order chi connectivity index (χ1) is 10.0. The fourth-order valence-electron chi connectivity index (χ4n) is 1.67. The molecule has 1 heterocycles. The molecule has 0 fully saturated rings. The molecule has 0 spiro atoms. The summed E-state index contributed by atoms with van der Waals surface area (Å²) in [6.45, 7) is 0.609. The largest absolute Gasteiger partial charge is 0.476 e. The number of nitrogens with zero attached hydrogens (tertiary/aromatic N) is 3. The Balaban J connectivity index is 1.76. The molecule has 2 N–H and O–H groups in total. The minimum absolute atomic E-state index is 0.146. The minimum Gasteiger partial charge on any atom is -0.476 e. The number of carboxylic acid groups (broad SMARTS) is 1. The first-order valence-corrected chi connectivity index (χ1v) is 6.19. The zero-order chi connectivity index (χ0) is 15.2. The van der Waals surface area contributed by atoms with Crippen molar-refractivity contribution in [3.05, 3.63) is 47.5 Å². The van der Waals surface area contributed by atoms with Gasteiger partial charge in [-0.25, -0.2) is 13.9 Å². The summed E-state index contributed by atoms with van der Waals surface area (Å²) in [7, 11) is 0. The molecule has 2 rings (SSSR count). The van der Waals surface area contributed by atoms with E-state index in [0.29, 0.717) is 18.7 Å². The number of carbonyl (C=O) groups is 2. The van der Waals surface area contributed by atoms with Crippen molar-refractivity contribution in [3.8, 4) is 0 Å². The highest BCUT2D eigenvalue weighted by Gasteiger charge is 2.08. The molecule has 21 heavy (non-hydrogen) atoms. The molecular formula is C13H13FN4O3. The number of hydrogen-bond acceptors (Lipinski definition) is 4. The van der Waals surface area contributed by atoms with Crippen molar-refractivity contribution in [1.82, 2.24) is 20.3 Å². The molecule has 1 amide bonds. The first-order valence-electron chi connectivity index (χ1n) is 6.19. The lowest BCUT2D eigenvalue weighted by Crippen LogP contribution is -2.28. The Kier molecular flexibility index (Phi) is 4.60. The van der Waals surface area contributed by atoms with Crippen LogP contribution in [0.3, 0.4) is 0 Å². The number of hydrogen-bond donors (Lipinski definition) is 2. The number of rotatable bonds is 6. The second kappa shape index (κ2) is 6.60. The van der Waals surface area contributed by atoms with Gasteiger partial charge in [-0.2, -0.15) is 0 Å². The van der Waals surface area contributed by atoms with Crippen LogP contribution < -0.4 is 5.32 Å². The lowest BCUT2D eigenvalue weighted by atomic mass is 10.1. The van der Waals surface area contributed by atoms with Gasteiger partial charge in [0.1, 0.15) is 5.82 Å². The Bertz CT molecular complexity index is 639. The molecule has 0 saturated heterocycles. The van der Waals surface area contributed by atoms with Crippen LogP contribution >= 0.6 is 0 Å². The van der Waals surface area contributed by atoms with Crippen molar-refractivity contribution in [3.63, 3.8) is 0 Å². The summed E-state index contributed by atoms with van der Waals surface area (Å²) in [5.74, 6) is -1.71. The van der Waals surface area contributed by atoms with E-state index < -0.39 is 5.97 Å². The number of carboxylic acids is 1. The molecule has 0 radical (unpaired) electrons. The molecule has 1 aromatic carbocycles. The lowest BCUT2D eigenvalue weighted by molar-refractivity contribution is -0.120. The number of aromatic nitrogens is 3. The Morgan fingerprint density at radius 1 is 1.29 bits per heavy atom. The Hall–Kier alpha value is -2.77. The summed E-state index contributed by atoms with van der Waals surface area (Å²) in [6.07, 6.45) is 1.44. The van der Waals surface area contributed by atoms with Crippen molar-refractivity contribution in [2.45, 2.75) is 13.0 Å². The van der Waals surface area contributed by atoms with E-state index in [2.05, 4.69) is 15.6 Å². The third-order valence-electron chi connectivity index (χ3n) is 2.70. The average Bonchev–Trinajstić information content (AvgIpc) is 2.90. The van der Waals surface area contributed by atoms with E-state index in [4.69, 9.17) is 5.11 Å². The van der Waals surface area contributed by atoms with Crippen molar-refractivity contribution in [2.24, 2.45) is 0 Å². The van der Waals surface area contributed by atoms with Crippen LogP contribution in [-0.4, -0.2) is 38.5 Å². The molecule has 0 aliphatic heterocycles. The smallest absolute Gasteiger partial charge is 0.358 e. The molecule has 0 atom stereocenters. The van der Waals surface area contributed by atoms with Gasteiger partial charge in [0, 0.05) is 6.54 Å². The van der Waals surface area contributed by atoms with Crippen molar-refractivity contribution in [1.29, 1.82) is 0 Å². The molecular weight excluding hydrogens is 279 g/mol. The van der Waals surface area contributed by atoms with Gasteiger partial charge >= 0.3 is 5.97 Å². The molecule has 1 aromatic heterocycles. The van der Waals surface area contributed by atoms with Crippen LogP contribution in [0.1, 0.15) is 16.1 Å². The van der Waals surface area contributed by atoms with E-state index in [9.17, 15) is 14.0 Å². The van der Waals surface area contributed by atoms with Gasteiger partial charge in [0.15, 0.2) is 5.69 Å². The third kappa shape index (κ3) is 4.37.